The number of pyridine rings is 1. The maximum Gasteiger partial charge on any atom is 0.141 e. The van der Waals surface area contributed by atoms with Gasteiger partial charge in [0.2, 0.25) is 0 Å². The molecule has 0 bridgehead atoms. The van der Waals surface area contributed by atoms with Crippen LogP contribution in [-0.4, -0.2) is 40.5 Å². The van der Waals surface area contributed by atoms with Crippen LogP contribution in [0.3, 0.4) is 0 Å². The molecule has 1 aliphatic heterocycles. The van der Waals surface area contributed by atoms with E-state index < -0.39 is 12.2 Å². The van der Waals surface area contributed by atoms with Crippen molar-refractivity contribution in [3.8, 4) is 0 Å². The number of nitrogens with zero attached hydrogens (tertiary/aromatic N) is 2. The van der Waals surface area contributed by atoms with Crippen LogP contribution in [0.15, 0.2) is 18.3 Å². The fourth-order valence-corrected chi connectivity index (χ4v) is 1.68. The summed E-state index contributed by atoms with van der Waals surface area (Å²) in [6.45, 7) is 0.852. The molecule has 1 saturated heterocycles. The molecular weight excluding hydrogens is 196 g/mol. The molecule has 2 heterocycles. The van der Waals surface area contributed by atoms with E-state index in [9.17, 15) is 10.2 Å². The molecule has 82 valence electrons. The second-order valence-corrected chi connectivity index (χ2v) is 3.58. The van der Waals surface area contributed by atoms with Crippen LogP contribution < -0.4 is 16.2 Å². The van der Waals surface area contributed by atoms with Gasteiger partial charge in [0, 0.05) is 31.0 Å². The summed E-state index contributed by atoms with van der Waals surface area (Å²) in [5.74, 6) is 5.80. The van der Waals surface area contributed by atoms with Crippen molar-refractivity contribution in [1.29, 1.82) is 0 Å². The van der Waals surface area contributed by atoms with Crippen molar-refractivity contribution < 1.29 is 10.2 Å². The first-order valence-corrected chi connectivity index (χ1v) is 4.74. The first-order chi connectivity index (χ1) is 7.20. The second kappa shape index (κ2) is 4.01. The fourth-order valence-electron chi connectivity index (χ4n) is 1.68. The van der Waals surface area contributed by atoms with Crippen molar-refractivity contribution in [2.75, 3.05) is 23.4 Å². The van der Waals surface area contributed by atoms with Crippen molar-refractivity contribution in [1.82, 2.24) is 4.98 Å². The molecule has 0 amide bonds. The number of hydrogen-bond donors (Lipinski definition) is 4. The van der Waals surface area contributed by atoms with Gasteiger partial charge in [-0.05, 0) is 6.07 Å². The van der Waals surface area contributed by atoms with Gasteiger partial charge in [-0.3, -0.25) is 0 Å². The van der Waals surface area contributed by atoms with Crippen molar-refractivity contribution in [3.63, 3.8) is 0 Å². The number of nitrogens with two attached hydrogens (primary N) is 1. The molecule has 6 heteroatoms. The summed E-state index contributed by atoms with van der Waals surface area (Å²) in [7, 11) is 0. The number of β-amino-alcohol motifs (C(OH)–C–C–N with tert-alkyl or cyclic N) is 2. The molecule has 0 spiro atoms. The molecule has 2 rings (SSSR count). The Hall–Kier alpha value is -1.37. The Morgan fingerprint density at radius 2 is 2.07 bits per heavy atom. The zero-order chi connectivity index (χ0) is 10.8. The van der Waals surface area contributed by atoms with Crippen LogP contribution in [0.4, 0.5) is 11.5 Å². The number of rotatable bonds is 2. The number of nitrogen functional groups attached to an aromatic ring is 1. The number of aliphatic hydroxyl groups excluding tert-OH is 2. The van der Waals surface area contributed by atoms with E-state index in [-0.39, 0.29) is 0 Å². The van der Waals surface area contributed by atoms with E-state index in [1.165, 1.54) is 0 Å². The highest BCUT2D eigenvalue weighted by molar-refractivity contribution is 5.54. The van der Waals surface area contributed by atoms with E-state index >= 15 is 0 Å². The minimum atomic E-state index is -0.688. The number of anilines is 2. The van der Waals surface area contributed by atoms with E-state index in [4.69, 9.17) is 5.84 Å². The summed E-state index contributed by atoms with van der Waals surface area (Å²) < 4.78 is 0. The first-order valence-electron chi connectivity index (χ1n) is 4.74. The SMILES string of the molecule is NNc1cc(N2CC(O)C(O)C2)ccn1. The van der Waals surface area contributed by atoms with E-state index in [2.05, 4.69) is 10.4 Å². The van der Waals surface area contributed by atoms with Crippen LogP contribution in [0, 0.1) is 0 Å². The summed E-state index contributed by atoms with van der Waals surface area (Å²) in [6.07, 6.45) is 0.252. The lowest BCUT2D eigenvalue weighted by molar-refractivity contribution is 0.0572. The van der Waals surface area contributed by atoms with Gasteiger partial charge in [-0.1, -0.05) is 0 Å². The molecule has 6 nitrogen and oxygen atoms in total. The zero-order valence-electron chi connectivity index (χ0n) is 8.17. The predicted octanol–water partition coefficient (Wildman–Crippen LogP) is -1.09. The predicted molar refractivity (Wildman–Crippen MR) is 56.3 cm³/mol. The average Bonchev–Trinajstić information content (AvgIpc) is 2.59. The highest BCUT2D eigenvalue weighted by Crippen LogP contribution is 2.21. The van der Waals surface area contributed by atoms with Crippen molar-refractivity contribution in [3.05, 3.63) is 18.3 Å². The van der Waals surface area contributed by atoms with Crippen molar-refractivity contribution in [2.45, 2.75) is 12.2 Å². The van der Waals surface area contributed by atoms with Crippen LogP contribution in [0.1, 0.15) is 0 Å². The molecule has 5 N–H and O–H groups in total. The molecule has 1 aliphatic rings. The van der Waals surface area contributed by atoms with Gasteiger partial charge in [0.05, 0.1) is 12.2 Å². The lowest BCUT2D eigenvalue weighted by Gasteiger charge is -2.17. The quantitative estimate of drug-likeness (QED) is 0.366. The summed E-state index contributed by atoms with van der Waals surface area (Å²) in [4.78, 5) is 5.87. The third-order valence-corrected chi connectivity index (χ3v) is 2.52. The minimum Gasteiger partial charge on any atom is -0.389 e. The Morgan fingerprint density at radius 3 is 2.67 bits per heavy atom. The van der Waals surface area contributed by atoms with Gasteiger partial charge >= 0.3 is 0 Å². The van der Waals surface area contributed by atoms with Gasteiger partial charge in [-0.25, -0.2) is 10.8 Å². The summed E-state index contributed by atoms with van der Waals surface area (Å²) in [6, 6.07) is 3.58. The normalized spacial score (nSPS) is 25.7. The smallest absolute Gasteiger partial charge is 0.141 e. The molecule has 0 radical (unpaired) electrons. The average molecular weight is 210 g/mol. The maximum absolute atomic E-state index is 9.41. The Bertz CT molecular complexity index is 337. The number of hydrazine groups is 1. The maximum atomic E-state index is 9.41. The van der Waals surface area contributed by atoms with Crippen LogP contribution in [0.5, 0.6) is 0 Å². The third kappa shape index (κ3) is 2.01. The number of aromatic nitrogens is 1. The number of hydrogen-bond acceptors (Lipinski definition) is 6. The monoisotopic (exact) mass is 210 g/mol. The molecule has 15 heavy (non-hydrogen) atoms. The lowest BCUT2D eigenvalue weighted by Crippen LogP contribution is -2.22. The highest BCUT2D eigenvalue weighted by atomic mass is 16.3. The van der Waals surface area contributed by atoms with E-state index in [1.54, 1.807) is 12.3 Å². The Morgan fingerprint density at radius 1 is 1.40 bits per heavy atom. The molecule has 0 aliphatic carbocycles. The molecule has 0 aromatic carbocycles. The van der Waals surface area contributed by atoms with Crippen LogP contribution >= 0.6 is 0 Å². The Labute approximate surface area is 87.3 Å². The topological polar surface area (TPSA) is 94.6 Å². The minimum absolute atomic E-state index is 0.426. The van der Waals surface area contributed by atoms with Gasteiger partial charge in [-0.2, -0.15) is 0 Å². The van der Waals surface area contributed by atoms with Gasteiger partial charge in [0.15, 0.2) is 0 Å². The van der Waals surface area contributed by atoms with Gasteiger partial charge in [0.25, 0.3) is 0 Å². The lowest BCUT2D eigenvalue weighted by atomic mass is 10.3. The largest absolute Gasteiger partial charge is 0.389 e. The first kappa shape index (κ1) is 10.2. The Kier molecular flexibility index (Phi) is 2.72. The molecule has 0 saturated carbocycles. The summed E-state index contributed by atoms with van der Waals surface area (Å²) in [5.41, 5.74) is 3.33. The standard InChI is InChI=1S/C9H14N4O2/c10-12-9-3-6(1-2-11-9)13-4-7(14)8(15)5-13/h1-3,7-8,14-15H,4-5,10H2,(H,11,12). The molecule has 2 atom stereocenters. The third-order valence-electron chi connectivity index (χ3n) is 2.52. The molecule has 2 unspecified atom stereocenters. The summed E-state index contributed by atoms with van der Waals surface area (Å²) in [5, 5.41) is 18.8. The van der Waals surface area contributed by atoms with E-state index in [1.807, 2.05) is 11.0 Å². The molecule has 1 fully saturated rings. The molecule has 1 aromatic heterocycles. The Balaban J connectivity index is 2.16. The van der Waals surface area contributed by atoms with E-state index in [0.29, 0.717) is 18.9 Å². The second-order valence-electron chi connectivity index (χ2n) is 3.58. The van der Waals surface area contributed by atoms with E-state index in [0.717, 1.165) is 5.69 Å². The fraction of sp³-hybridized carbons (Fsp3) is 0.444. The zero-order valence-corrected chi connectivity index (χ0v) is 8.17. The van der Waals surface area contributed by atoms with Gasteiger partial charge in [-0.15, -0.1) is 0 Å². The molecule has 1 aromatic rings. The van der Waals surface area contributed by atoms with Crippen molar-refractivity contribution >= 4 is 11.5 Å². The highest BCUT2D eigenvalue weighted by Gasteiger charge is 2.29. The van der Waals surface area contributed by atoms with Crippen molar-refractivity contribution in [2.24, 2.45) is 5.84 Å². The van der Waals surface area contributed by atoms with Gasteiger partial charge in [0.1, 0.15) is 5.82 Å². The summed E-state index contributed by atoms with van der Waals surface area (Å²) >= 11 is 0. The number of aliphatic hydroxyl groups is 2. The van der Waals surface area contributed by atoms with Gasteiger partial charge < -0.3 is 20.5 Å². The van der Waals surface area contributed by atoms with Crippen LogP contribution in [0.2, 0.25) is 0 Å². The van der Waals surface area contributed by atoms with Crippen LogP contribution in [0.25, 0.3) is 0 Å². The molecular formula is C9H14N4O2. The number of nitrogens with one attached hydrogen (secondary N) is 1. The van der Waals surface area contributed by atoms with Crippen LogP contribution in [-0.2, 0) is 0 Å².